The van der Waals surface area contributed by atoms with E-state index in [1.807, 2.05) is 0 Å². The summed E-state index contributed by atoms with van der Waals surface area (Å²) < 4.78 is 68.6. The fourth-order valence-corrected chi connectivity index (χ4v) is 14.0. The molecule has 0 amide bonds. The molecule has 3 N–H and O–H groups in total. The molecule has 17 nitrogen and oxygen atoms in total. The van der Waals surface area contributed by atoms with Gasteiger partial charge in [0.1, 0.15) is 19.3 Å². The third kappa shape index (κ3) is 73.0. The molecule has 0 rings (SSSR count). The van der Waals surface area contributed by atoms with E-state index in [2.05, 4.69) is 48.5 Å². The van der Waals surface area contributed by atoms with Gasteiger partial charge in [0, 0.05) is 25.7 Å². The van der Waals surface area contributed by atoms with Crippen LogP contribution < -0.4 is 0 Å². The van der Waals surface area contributed by atoms with Crippen LogP contribution >= 0.6 is 15.6 Å². The molecule has 100 heavy (non-hydrogen) atoms. The number of aliphatic hydroxyl groups excluding tert-OH is 1. The molecule has 0 aromatic rings. The quantitative estimate of drug-likeness (QED) is 0.0222. The van der Waals surface area contributed by atoms with Crippen LogP contribution in [-0.4, -0.2) is 96.7 Å². The summed E-state index contributed by atoms with van der Waals surface area (Å²) in [7, 11) is -9.92. The molecule has 0 aromatic heterocycles. The molecule has 19 heteroatoms. The number of aliphatic hydroxyl groups is 1. The zero-order valence-corrected chi connectivity index (χ0v) is 67.5. The summed E-state index contributed by atoms with van der Waals surface area (Å²) in [6, 6.07) is 0. The van der Waals surface area contributed by atoms with Crippen molar-refractivity contribution in [3.63, 3.8) is 0 Å². The summed E-state index contributed by atoms with van der Waals surface area (Å²) in [5, 5.41) is 10.6. The molecule has 0 aliphatic carbocycles. The highest BCUT2D eigenvalue weighted by molar-refractivity contribution is 7.47. The molecule has 6 atom stereocenters. The first-order valence-corrected chi connectivity index (χ1v) is 44.9. The number of phosphoric acid groups is 2. The first kappa shape index (κ1) is 98.1. The van der Waals surface area contributed by atoms with E-state index in [1.54, 1.807) is 0 Å². The van der Waals surface area contributed by atoms with Gasteiger partial charge in [0.15, 0.2) is 12.2 Å². The molecule has 0 spiro atoms. The van der Waals surface area contributed by atoms with Crippen LogP contribution in [0, 0.1) is 17.8 Å². The van der Waals surface area contributed by atoms with Crippen molar-refractivity contribution >= 4 is 39.5 Å². The maximum Gasteiger partial charge on any atom is 0.472 e. The van der Waals surface area contributed by atoms with Crippen molar-refractivity contribution in [2.45, 2.75) is 439 Å². The minimum atomic E-state index is -4.96. The van der Waals surface area contributed by atoms with Gasteiger partial charge in [-0.25, -0.2) is 9.13 Å². The molecular weight excluding hydrogens is 1310 g/mol. The van der Waals surface area contributed by atoms with Crippen molar-refractivity contribution in [1.29, 1.82) is 0 Å². The van der Waals surface area contributed by atoms with Gasteiger partial charge in [0.25, 0.3) is 0 Å². The third-order valence-electron chi connectivity index (χ3n) is 19.2. The number of esters is 4. The van der Waals surface area contributed by atoms with E-state index in [1.165, 1.54) is 231 Å². The van der Waals surface area contributed by atoms with Gasteiger partial charge in [-0.05, 0) is 43.4 Å². The molecule has 0 bridgehead atoms. The fourth-order valence-electron chi connectivity index (χ4n) is 12.5. The van der Waals surface area contributed by atoms with Gasteiger partial charge in [0.05, 0.1) is 26.4 Å². The molecule has 0 aliphatic rings. The number of unbranched alkanes of at least 4 members (excludes halogenated alkanes) is 46. The maximum absolute atomic E-state index is 13.1. The van der Waals surface area contributed by atoms with Gasteiger partial charge in [-0.15, -0.1) is 0 Å². The average molecular weight is 1470 g/mol. The summed E-state index contributed by atoms with van der Waals surface area (Å²) >= 11 is 0. The Balaban J connectivity index is 5.19. The highest BCUT2D eigenvalue weighted by Crippen LogP contribution is 2.45. The number of hydrogen-bond donors (Lipinski definition) is 3. The van der Waals surface area contributed by atoms with E-state index in [9.17, 15) is 43.2 Å². The predicted molar refractivity (Wildman–Crippen MR) is 409 cm³/mol. The van der Waals surface area contributed by atoms with E-state index < -0.39 is 97.5 Å². The van der Waals surface area contributed by atoms with Crippen molar-refractivity contribution in [3.05, 3.63) is 0 Å². The van der Waals surface area contributed by atoms with Crippen LogP contribution in [0.3, 0.4) is 0 Å². The topological polar surface area (TPSA) is 237 Å². The molecule has 0 aromatic carbocycles. The largest absolute Gasteiger partial charge is 0.472 e. The van der Waals surface area contributed by atoms with Crippen LogP contribution in [0.4, 0.5) is 0 Å². The Kier molecular flexibility index (Phi) is 69.9. The number of carbonyl (C=O) groups excluding carboxylic acids is 4. The molecular formula is C81H158O17P2. The zero-order chi connectivity index (χ0) is 73.7. The van der Waals surface area contributed by atoms with Gasteiger partial charge in [0.2, 0.25) is 0 Å². The second kappa shape index (κ2) is 71.3. The molecule has 0 saturated heterocycles. The van der Waals surface area contributed by atoms with E-state index in [0.29, 0.717) is 25.7 Å². The van der Waals surface area contributed by atoms with E-state index in [-0.39, 0.29) is 25.7 Å². The summed E-state index contributed by atoms with van der Waals surface area (Å²) in [6.45, 7) is 11.9. The smallest absolute Gasteiger partial charge is 0.462 e. The molecule has 0 fully saturated rings. The lowest BCUT2D eigenvalue weighted by atomic mass is 10.00. The van der Waals surface area contributed by atoms with Crippen LogP contribution in [-0.2, 0) is 65.4 Å². The average Bonchev–Trinajstić information content (AvgIpc) is 1.00. The minimum Gasteiger partial charge on any atom is -0.462 e. The second-order valence-electron chi connectivity index (χ2n) is 30.4. The first-order chi connectivity index (χ1) is 48.3. The molecule has 0 heterocycles. The fraction of sp³-hybridized carbons (Fsp3) is 0.951. The monoisotopic (exact) mass is 1470 g/mol. The third-order valence-corrected chi connectivity index (χ3v) is 21.1. The van der Waals surface area contributed by atoms with Gasteiger partial charge in [-0.1, -0.05) is 370 Å². The summed E-state index contributed by atoms with van der Waals surface area (Å²) in [4.78, 5) is 72.9. The number of rotatable bonds is 79. The Morgan fingerprint density at radius 3 is 0.760 bits per heavy atom. The Morgan fingerprint density at radius 1 is 0.290 bits per heavy atom. The maximum atomic E-state index is 13.1. The van der Waals surface area contributed by atoms with E-state index in [0.717, 1.165) is 108 Å². The minimum absolute atomic E-state index is 0.103. The SMILES string of the molecule is CCCCCCCCCCCCC(=O)OC[C@H](COP(=O)(O)OC[C@H](O)COP(=O)(O)OC[C@@H](COC(=O)CCCCCCCCCCCCCCCCCCC(C)C)OC(=O)CCCCCCCCCCCCCCCCCCCCC(C)C)OC(=O)CCCCCCCCC(C)CC. The van der Waals surface area contributed by atoms with Crippen LogP contribution in [0.1, 0.15) is 421 Å². The van der Waals surface area contributed by atoms with Crippen molar-refractivity contribution in [2.24, 2.45) is 17.8 Å². The lowest BCUT2D eigenvalue weighted by molar-refractivity contribution is -0.161. The van der Waals surface area contributed by atoms with Crippen molar-refractivity contribution in [1.82, 2.24) is 0 Å². The predicted octanol–water partition coefficient (Wildman–Crippen LogP) is 24.1. The van der Waals surface area contributed by atoms with E-state index >= 15 is 0 Å². The Bertz CT molecular complexity index is 1940. The summed E-state index contributed by atoms with van der Waals surface area (Å²) in [5.74, 6) is 0.238. The zero-order valence-electron chi connectivity index (χ0n) is 65.7. The summed E-state index contributed by atoms with van der Waals surface area (Å²) in [6.07, 6.45) is 59.8. The van der Waals surface area contributed by atoms with Crippen molar-refractivity contribution in [2.75, 3.05) is 39.6 Å². The lowest BCUT2D eigenvalue weighted by Gasteiger charge is -2.21. The number of ether oxygens (including phenoxy) is 4. The molecule has 0 saturated carbocycles. The van der Waals surface area contributed by atoms with Crippen LogP contribution in [0.15, 0.2) is 0 Å². The Labute approximate surface area is 613 Å². The lowest BCUT2D eigenvalue weighted by Crippen LogP contribution is -2.30. The molecule has 0 aliphatic heterocycles. The Hall–Kier alpha value is -1.94. The van der Waals surface area contributed by atoms with Crippen LogP contribution in [0.5, 0.6) is 0 Å². The van der Waals surface area contributed by atoms with Crippen LogP contribution in [0.2, 0.25) is 0 Å². The molecule has 594 valence electrons. The highest BCUT2D eigenvalue weighted by atomic mass is 31.2. The number of phosphoric ester groups is 2. The van der Waals surface area contributed by atoms with Crippen LogP contribution in [0.25, 0.3) is 0 Å². The van der Waals surface area contributed by atoms with Gasteiger partial charge in [-0.3, -0.25) is 37.3 Å². The standard InChI is InChI=1S/C81H158O17P2/c1-8-10-11-12-13-14-35-40-48-55-62-78(83)92-69-77(98-81(86)65-58-51-44-43-47-54-61-74(7)9-2)71-96-100(89,90)94-67-75(82)66-93-99(87,88)95-70-76(68-91-79(84)63-56-49-41-36-31-27-23-20-19-22-26-30-34-39-46-53-60-73(5)6)97-80(85)64-57-50-42-37-32-28-24-18-16-15-17-21-25-29-33-38-45-52-59-72(3)4/h72-77,82H,8-71H2,1-7H3,(H,87,88)(H,89,90)/t74?,75-,76-,77-/m1/s1. The van der Waals surface area contributed by atoms with E-state index in [4.69, 9.17) is 37.0 Å². The normalized spacial score (nSPS) is 14.2. The van der Waals surface area contributed by atoms with Gasteiger partial charge >= 0.3 is 39.5 Å². The molecule has 3 unspecified atom stereocenters. The van der Waals surface area contributed by atoms with Crippen molar-refractivity contribution < 1.29 is 80.2 Å². The van der Waals surface area contributed by atoms with Crippen molar-refractivity contribution in [3.8, 4) is 0 Å². The second-order valence-corrected chi connectivity index (χ2v) is 33.3. The summed E-state index contributed by atoms with van der Waals surface area (Å²) in [5.41, 5.74) is 0. The number of hydrogen-bond acceptors (Lipinski definition) is 15. The van der Waals surface area contributed by atoms with Gasteiger partial charge < -0.3 is 33.8 Å². The first-order valence-electron chi connectivity index (χ1n) is 41.9. The Morgan fingerprint density at radius 2 is 0.510 bits per heavy atom. The van der Waals surface area contributed by atoms with Gasteiger partial charge in [-0.2, -0.15) is 0 Å². The molecule has 0 radical (unpaired) electrons. The number of carbonyl (C=O) groups is 4. The highest BCUT2D eigenvalue weighted by Gasteiger charge is 2.30.